The lowest BCUT2D eigenvalue weighted by Crippen LogP contribution is -2.77. The second kappa shape index (κ2) is 6.30. The van der Waals surface area contributed by atoms with Crippen LogP contribution in [0.15, 0.2) is 0 Å². The number of rotatable bonds is 7. The van der Waals surface area contributed by atoms with Gasteiger partial charge in [0, 0.05) is 18.7 Å². The minimum absolute atomic E-state index is 0.0874. The van der Waals surface area contributed by atoms with Crippen molar-refractivity contribution in [3.05, 3.63) is 0 Å². The van der Waals surface area contributed by atoms with Crippen molar-refractivity contribution in [2.45, 2.75) is 69.9 Å². The molecular formula is C17H28N2O4. The van der Waals surface area contributed by atoms with Crippen molar-refractivity contribution in [3.8, 4) is 0 Å². The van der Waals surface area contributed by atoms with Crippen molar-refractivity contribution in [3.63, 3.8) is 0 Å². The highest BCUT2D eigenvalue weighted by Gasteiger charge is 2.72. The maximum atomic E-state index is 12.1. The third-order valence-electron chi connectivity index (χ3n) is 5.88. The first kappa shape index (κ1) is 16.6. The topological polar surface area (TPSA) is 87.7 Å². The molecule has 4 saturated carbocycles. The molecule has 4 rings (SSSR count). The Hall–Kier alpha value is -1.30. The van der Waals surface area contributed by atoms with Gasteiger partial charge in [-0.2, -0.15) is 0 Å². The Morgan fingerprint density at radius 1 is 1.22 bits per heavy atom. The Kier molecular flexibility index (Phi) is 4.54. The second-order valence-electron chi connectivity index (χ2n) is 7.62. The Morgan fingerprint density at radius 3 is 2.43 bits per heavy atom. The van der Waals surface area contributed by atoms with E-state index in [1.54, 1.807) is 0 Å². The van der Waals surface area contributed by atoms with Gasteiger partial charge in [-0.3, -0.25) is 4.79 Å². The van der Waals surface area contributed by atoms with Gasteiger partial charge < -0.3 is 20.5 Å². The number of amides is 2. The molecule has 23 heavy (non-hydrogen) atoms. The first-order valence-corrected chi connectivity index (χ1v) is 8.90. The van der Waals surface area contributed by atoms with E-state index < -0.39 is 11.4 Å². The van der Waals surface area contributed by atoms with Crippen molar-refractivity contribution >= 4 is 12.0 Å². The van der Waals surface area contributed by atoms with Gasteiger partial charge in [0.05, 0.1) is 11.5 Å². The van der Waals surface area contributed by atoms with Gasteiger partial charge in [-0.15, -0.1) is 0 Å². The van der Waals surface area contributed by atoms with Crippen molar-refractivity contribution in [2.75, 3.05) is 13.2 Å². The van der Waals surface area contributed by atoms with Gasteiger partial charge in [-0.05, 0) is 44.9 Å². The number of carbonyl (C=O) groups is 2. The number of carbonyl (C=O) groups excluding carboxylic acids is 1. The van der Waals surface area contributed by atoms with Gasteiger partial charge in [0.2, 0.25) is 0 Å². The molecule has 0 radical (unpaired) electrons. The van der Waals surface area contributed by atoms with E-state index in [2.05, 4.69) is 10.6 Å². The highest BCUT2D eigenvalue weighted by molar-refractivity contribution is 5.83. The SMILES string of the molecule is CCOC(CNC(=O)NC12CC(C(=O)O)(C1)C2)C1CCCCC1. The predicted octanol–water partition coefficient (Wildman–Crippen LogP) is 2.28. The summed E-state index contributed by atoms with van der Waals surface area (Å²) in [6.07, 6.45) is 7.96. The highest BCUT2D eigenvalue weighted by atomic mass is 16.5. The number of carboxylic acids is 1. The fourth-order valence-electron chi connectivity index (χ4n) is 4.71. The number of ether oxygens (including phenoxy) is 1. The molecule has 0 aromatic carbocycles. The summed E-state index contributed by atoms with van der Waals surface area (Å²) in [5.74, 6) is -0.190. The van der Waals surface area contributed by atoms with E-state index in [0.717, 1.165) is 0 Å². The van der Waals surface area contributed by atoms with Gasteiger partial charge in [-0.1, -0.05) is 19.3 Å². The molecule has 4 aliphatic carbocycles. The third kappa shape index (κ3) is 3.18. The normalized spacial score (nSPS) is 34.0. The van der Waals surface area contributed by atoms with E-state index in [0.29, 0.717) is 38.3 Å². The van der Waals surface area contributed by atoms with Gasteiger partial charge >= 0.3 is 12.0 Å². The molecule has 0 aromatic heterocycles. The smallest absolute Gasteiger partial charge is 0.315 e. The van der Waals surface area contributed by atoms with Crippen LogP contribution in [0.2, 0.25) is 0 Å². The number of nitrogens with one attached hydrogen (secondary N) is 2. The summed E-state index contributed by atoms with van der Waals surface area (Å²) in [5.41, 5.74) is -0.822. The minimum atomic E-state index is -0.727. The molecule has 3 N–H and O–H groups in total. The van der Waals surface area contributed by atoms with E-state index in [1.807, 2.05) is 6.92 Å². The summed E-state index contributed by atoms with van der Waals surface area (Å²) in [7, 11) is 0. The zero-order valence-corrected chi connectivity index (χ0v) is 13.9. The van der Waals surface area contributed by atoms with Crippen LogP contribution >= 0.6 is 0 Å². The van der Waals surface area contributed by atoms with Crippen LogP contribution < -0.4 is 10.6 Å². The fraction of sp³-hybridized carbons (Fsp3) is 0.882. The molecule has 0 spiro atoms. The van der Waals surface area contributed by atoms with E-state index in [4.69, 9.17) is 9.84 Å². The van der Waals surface area contributed by atoms with E-state index in [9.17, 15) is 9.59 Å². The van der Waals surface area contributed by atoms with Crippen molar-refractivity contribution in [2.24, 2.45) is 11.3 Å². The highest BCUT2D eigenvalue weighted by Crippen LogP contribution is 2.67. The second-order valence-corrected chi connectivity index (χ2v) is 7.62. The predicted molar refractivity (Wildman–Crippen MR) is 85.2 cm³/mol. The molecule has 4 aliphatic rings. The lowest BCUT2D eigenvalue weighted by Gasteiger charge is -2.67. The summed E-state index contributed by atoms with van der Waals surface area (Å²) < 4.78 is 5.84. The largest absolute Gasteiger partial charge is 0.481 e. The molecule has 6 nitrogen and oxygen atoms in total. The van der Waals surface area contributed by atoms with Crippen molar-refractivity contribution in [1.29, 1.82) is 0 Å². The van der Waals surface area contributed by atoms with Crippen LogP contribution in [-0.2, 0) is 9.53 Å². The first-order chi connectivity index (χ1) is 11.0. The van der Waals surface area contributed by atoms with Crippen molar-refractivity contribution in [1.82, 2.24) is 10.6 Å². The molecule has 0 aliphatic heterocycles. The van der Waals surface area contributed by atoms with Crippen LogP contribution in [0.4, 0.5) is 4.79 Å². The quantitative estimate of drug-likeness (QED) is 0.670. The van der Waals surface area contributed by atoms with Gasteiger partial charge in [0.1, 0.15) is 0 Å². The summed E-state index contributed by atoms with van der Waals surface area (Å²) in [6, 6.07) is -0.191. The third-order valence-corrected chi connectivity index (χ3v) is 5.88. The zero-order valence-electron chi connectivity index (χ0n) is 13.9. The molecule has 1 unspecified atom stereocenters. The molecule has 4 fully saturated rings. The fourth-order valence-corrected chi connectivity index (χ4v) is 4.71. The maximum absolute atomic E-state index is 12.1. The molecule has 2 amide bonds. The number of urea groups is 1. The van der Waals surface area contributed by atoms with Crippen LogP contribution in [0, 0.1) is 11.3 Å². The monoisotopic (exact) mass is 324 g/mol. The summed E-state index contributed by atoms with van der Waals surface area (Å²) in [4.78, 5) is 23.2. The van der Waals surface area contributed by atoms with Gasteiger partial charge in [-0.25, -0.2) is 4.79 Å². The number of hydrogen-bond acceptors (Lipinski definition) is 3. The zero-order chi connectivity index (χ0) is 16.5. The van der Waals surface area contributed by atoms with E-state index in [-0.39, 0.29) is 17.7 Å². The van der Waals surface area contributed by atoms with E-state index >= 15 is 0 Å². The number of carboxylic acid groups (broad SMARTS) is 1. The van der Waals surface area contributed by atoms with Crippen LogP contribution in [0.25, 0.3) is 0 Å². The summed E-state index contributed by atoms with van der Waals surface area (Å²) in [6.45, 7) is 3.18. The number of hydrogen-bond donors (Lipinski definition) is 3. The molecule has 130 valence electrons. The van der Waals surface area contributed by atoms with E-state index in [1.165, 1.54) is 32.1 Å². The molecular weight excluding hydrogens is 296 g/mol. The van der Waals surface area contributed by atoms with Crippen LogP contribution in [0.3, 0.4) is 0 Å². The maximum Gasteiger partial charge on any atom is 0.315 e. The number of aliphatic carboxylic acids is 1. The van der Waals surface area contributed by atoms with Gasteiger partial charge in [0.15, 0.2) is 0 Å². The molecule has 0 aromatic rings. The summed E-state index contributed by atoms with van der Waals surface area (Å²) >= 11 is 0. The standard InChI is InChI=1S/C17H28N2O4/c1-2-23-13(12-6-4-3-5-7-12)8-18-15(22)19-17-9-16(10-17,11-17)14(20)21/h12-13H,2-11H2,1H3,(H,20,21)(H2,18,19,22). The Bertz CT molecular complexity index is 453. The molecule has 6 heteroatoms. The van der Waals surface area contributed by atoms with Gasteiger partial charge in [0.25, 0.3) is 0 Å². The molecule has 2 bridgehead atoms. The lowest BCUT2D eigenvalue weighted by atomic mass is 9.39. The molecule has 0 saturated heterocycles. The van der Waals surface area contributed by atoms with Crippen LogP contribution in [0.1, 0.15) is 58.3 Å². The van der Waals surface area contributed by atoms with Crippen LogP contribution in [0.5, 0.6) is 0 Å². The Balaban J connectivity index is 1.42. The Morgan fingerprint density at radius 2 is 1.87 bits per heavy atom. The minimum Gasteiger partial charge on any atom is -0.481 e. The molecule has 1 atom stereocenters. The average Bonchev–Trinajstić information content (AvgIpc) is 2.46. The Labute approximate surface area is 137 Å². The van der Waals surface area contributed by atoms with Crippen LogP contribution in [-0.4, -0.2) is 41.9 Å². The first-order valence-electron chi connectivity index (χ1n) is 8.90. The molecule has 0 heterocycles. The summed E-state index contributed by atoms with van der Waals surface area (Å²) in [5, 5.41) is 15.0. The average molecular weight is 324 g/mol. The lowest BCUT2D eigenvalue weighted by molar-refractivity contribution is -0.196. The van der Waals surface area contributed by atoms with Crippen molar-refractivity contribution < 1.29 is 19.4 Å².